The van der Waals surface area contributed by atoms with Crippen molar-refractivity contribution >= 4 is 12.3 Å². The van der Waals surface area contributed by atoms with E-state index in [-0.39, 0.29) is 12.2 Å². The Morgan fingerprint density at radius 2 is 2.11 bits per heavy atom. The monoisotopic (exact) mass is 246 g/mol. The molecule has 0 aliphatic carbocycles. The van der Waals surface area contributed by atoms with Crippen LogP contribution in [0.4, 0.5) is 0 Å². The Kier molecular flexibility index (Phi) is 5.06. The van der Waals surface area contributed by atoms with Crippen molar-refractivity contribution in [3.05, 3.63) is 53.3 Å². The number of aliphatic hydroxyl groups excluding tert-OH is 1. The summed E-state index contributed by atoms with van der Waals surface area (Å²) in [6.07, 6.45) is -0.464. The molecule has 18 heavy (non-hydrogen) atoms. The van der Waals surface area contributed by atoms with Crippen LogP contribution in [0.1, 0.15) is 28.9 Å². The number of aldehydes is 1. The number of hydrogen-bond acceptors (Lipinski definition) is 4. The van der Waals surface area contributed by atoms with Gasteiger partial charge in [0.05, 0.1) is 6.61 Å². The first-order chi connectivity index (χ1) is 8.63. The number of aliphatic hydroxyl groups is 1. The second-order valence-electron chi connectivity index (χ2n) is 3.50. The highest BCUT2D eigenvalue weighted by molar-refractivity contribution is 5.89. The van der Waals surface area contributed by atoms with Crippen LogP contribution in [-0.4, -0.2) is 24.0 Å². The molecule has 0 amide bonds. The summed E-state index contributed by atoms with van der Waals surface area (Å²) in [5.74, 6) is -0.653. The van der Waals surface area contributed by atoms with E-state index in [1.54, 1.807) is 31.2 Å². The lowest BCUT2D eigenvalue weighted by Crippen LogP contribution is -2.14. The van der Waals surface area contributed by atoms with Crippen molar-refractivity contribution in [1.82, 2.24) is 0 Å². The minimum Gasteiger partial charge on any atom is -0.462 e. The summed E-state index contributed by atoms with van der Waals surface area (Å²) in [6, 6.07) is 6.23. The maximum Gasteiger partial charge on any atom is 0.344 e. The van der Waals surface area contributed by atoms with Gasteiger partial charge in [-0.1, -0.05) is 30.8 Å². The summed E-state index contributed by atoms with van der Waals surface area (Å²) in [7, 11) is 0. The van der Waals surface area contributed by atoms with Crippen LogP contribution in [0.2, 0.25) is 0 Å². The lowest BCUT2D eigenvalue weighted by molar-refractivity contribution is -0.139. The molecule has 0 aromatic heterocycles. The van der Waals surface area contributed by atoms with Crippen LogP contribution in [0, 0.1) is 0 Å². The van der Waals surface area contributed by atoms with Crippen LogP contribution in [0.5, 0.6) is 0 Å². The molecular weight excluding hydrogens is 232 g/mol. The Morgan fingerprint density at radius 3 is 2.56 bits per heavy atom. The van der Waals surface area contributed by atoms with Crippen LogP contribution in [0.3, 0.4) is 0 Å². The van der Waals surface area contributed by atoms with Gasteiger partial charge in [0.15, 0.2) is 0 Å². The van der Waals surface area contributed by atoms with Gasteiger partial charge in [0.2, 0.25) is 0 Å². The first-order valence-electron chi connectivity index (χ1n) is 5.44. The molecule has 0 bridgehead atoms. The van der Waals surface area contributed by atoms with Crippen LogP contribution < -0.4 is 0 Å². The quantitative estimate of drug-likeness (QED) is 0.372. The van der Waals surface area contributed by atoms with Crippen LogP contribution >= 0.6 is 0 Å². The molecule has 94 valence electrons. The zero-order chi connectivity index (χ0) is 13.5. The molecule has 1 aromatic rings. The van der Waals surface area contributed by atoms with Gasteiger partial charge in [0.25, 0.3) is 0 Å². The third kappa shape index (κ3) is 3.17. The minimum atomic E-state index is -1.16. The first-order valence-corrected chi connectivity index (χ1v) is 5.44. The molecule has 1 rings (SSSR count). The lowest BCUT2D eigenvalue weighted by atomic mass is 10.0. The standard InChI is InChI=1S/C14H14O4/c1-3-12(14(17)18-4-2)13(16)11-7-5-10(9-15)6-8-11/h5-9,13,16H,1,4H2,2H3. The van der Waals surface area contributed by atoms with E-state index in [1.165, 1.54) is 0 Å². The molecule has 1 N–H and O–H groups in total. The van der Waals surface area contributed by atoms with Crippen molar-refractivity contribution in [3.63, 3.8) is 0 Å². The van der Waals surface area contributed by atoms with E-state index in [2.05, 4.69) is 12.3 Å². The SMILES string of the molecule is C=C=C(C(=O)OCC)C(O)c1ccc(C=O)cc1. The maximum absolute atomic E-state index is 11.5. The number of rotatable bonds is 5. The van der Waals surface area contributed by atoms with E-state index in [0.29, 0.717) is 17.4 Å². The Balaban J connectivity index is 2.96. The van der Waals surface area contributed by atoms with Crippen molar-refractivity contribution < 1.29 is 19.4 Å². The number of carbonyl (C=O) groups is 2. The molecule has 0 aliphatic rings. The van der Waals surface area contributed by atoms with Crippen LogP contribution in [0.15, 0.2) is 42.1 Å². The van der Waals surface area contributed by atoms with Gasteiger partial charge < -0.3 is 9.84 Å². The molecule has 0 saturated heterocycles. The predicted molar refractivity (Wildman–Crippen MR) is 66.1 cm³/mol. The van der Waals surface area contributed by atoms with E-state index < -0.39 is 12.1 Å². The average molecular weight is 246 g/mol. The van der Waals surface area contributed by atoms with E-state index in [1.807, 2.05) is 0 Å². The highest BCUT2D eigenvalue weighted by Crippen LogP contribution is 2.21. The molecule has 0 saturated carbocycles. The Hall–Kier alpha value is -2.16. The zero-order valence-electron chi connectivity index (χ0n) is 10.1. The van der Waals surface area contributed by atoms with Crippen LogP contribution in [0.25, 0.3) is 0 Å². The van der Waals surface area contributed by atoms with Gasteiger partial charge in [-0.25, -0.2) is 4.79 Å². The molecule has 0 heterocycles. The van der Waals surface area contributed by atoms with Gasteiger partial charge in [0.1, 0.15) is 18.0 Å². The summed E-state index contributed by atoms with van der Waals surface area (Å²) in [5.41, 5.74) is 3.30. The fraction of sp³-hybridized carbons (Fsp3) is 0.214. The largest absolute Gasteiger partial charge is 0.462 e. The average Bonchev–Trinajstić information content (AvgIpc) is 2.40. The van der Waals surface area contributed by atoms with Gasteiger partial charge in [-0.15, -0.1) is 5.73 Å². The number of benzene rings is 1. The van der Waals surface area contributed by atoms with E-state index in [0.717, 1.165) is 0 Å². The molecule has 1 unspecified atom stereocenters. The molecule has 0 fully saturated rings. The summed E-state index contributed by atoms with van der Waals surface area (Å²) in [4.78, 5) is 22.0. The van der Waals surface area contributed by atoms with Crippen molar-refractivity contribution in [2.75, 3.05) is 6.61 Å². The van der Waals surface area contributed by atoms with Crippen molar-refractivity contribution in [1.29, 1.82) is 0 Å². The van der Waals surface area contributed by atoms with E-state index in [4.69, 9.17) is 4.74 Å². The Bertz CT molecular complexity index is 481. The molecule has 4 nitrogen and oxygen atoms in total. The highest BCUT2D eigenvalue weighted by atomic mass is 16.5. The molecule has 1 atom stereocenters. The summed E-state index contributed by atoms with van der Waals surface area (Å²) < 4.78 is 4.79. The van der Waals surface area contributed by atoms with Gasteiger partial charge >= 0.3 is 5.97 Å². The molecule has 0 spiro atoms. The van der Waals surface area contributed by atoms with E-state index >= 15 is 0 Å². The summed E-state index contributed by atoms with van der Waals surface area (Å²) in [6.45, 7) is 5.25. The summed E-state index contributed by atoms with van der Waals surface area (Å²) >= 11 is 0. The topological polar surface area (TPSA) is 63.6 Å². The third-order valence-corrected chi connectivity index (χ3v) is 2.35. The van der Waals surface area contributed by atoms with Gasteiger partial charge in [-0.3, -0.25) is 4.79 Å². The van der Waals surface area contributed by atoms with Gasteiger partial charge in [-0.05, 0) is 12.5 Å². The zero-order valence-corrected chi connectivity index (χ0v) is 10.1. The Morgan fingerprint density at radius 1 is 1.50 bits per heavy atom. The smallest absolute Gasteiger partial charge is 0.344 e. The molecule has 0 radical (unpaired) electrons. The lowest BCUT2D eigenvalue weighted by Gasteiger charge is -2.12. The van der Waals surface area contributed by atoms with Crippen molar-refractivity contribution in [2.24, 2.45) is 0 Å². The molecular formula is C14H14O4. The number of esters is 1. The number of ether oxygens (including phenoxy) is 1. The number of hydrogen-bond donors (Lipinski definition) is 1. The van der Waals surface area contributed by atoms with Crippen molar-refractivity contribution in [3.8, 4) is 0 Å². The predicted octanol–water partition coefficient (Wildman–Crippen LogP) is 1.81. The fourth-order valence-corrected chi connectivity index (χ4v) is 1.41. The molecule has 1 aromatic carbocycles. The van der Waals surface area contributed by atoms with Crippen LogP contribution in [-0.2, 0) is 9.53 Å². The maximum atomic E-state index is 11.5. The minimum absolute atomic E-state index is 0.0456. The Labute approximate surface area is 105 Å². The fourth-order valence-electron chi connectivity index (χ4n) is 1.41. The van der Waals surface area contributed by atoms with Crippen molar-refractivity contribution in [2.45, 2.75) is 13.0 Å². The first kappa shape index (κ1) is 13.9. The molecule has 0 aliphatic heterocycles. The highest BCUT2D eigenvalue weighted by Gasteiger charge is 2.21. The second kappa shape index (κ2) is 6.55. The van der Waals surface area contributed by atoms with Gasteiger partial charge in [-0.2, -0.15) is 0 Å². The third-order valence-electron chi connectivity index (χ3n) is 2.35. The second-order valence-corrected chi connectivity index (χ2v) is 3.50. The molecule has 4 heteroatoms. The summed E-state index contributed by atoms with van der Waals surface area (Å²) in [5, 5.41) is 10.0. The normalized spacial score (nSPS) is 11.2. The van der Waals surface area contributed by atoms with E-state index in [9.17, 15) is 14.7 Å². The van der Waals surface area contributed by atoms with Gasteiger partial charge in [0, 0.05) is 5.56 Å². The number of carbonyl (C=O) groups excluding carboxylic acids is 2.